The molecular formula is C21H19N3O2. The van der Waals surface area contributed by atoms with Gasteiger partial charge in [0.2, 0.25) is 0 Å². The van der Waals surface area contributed by atoms with E-state index in [1.807, 2.05) is 43.3 Å². The number of nitrogens with zero attached hydrogens (tertiary/aromatic N) is 2. The third kappa shape index (κ3) is 3.88. The van der Waals surface area contributed by atoms with Crippen molar-refractivity contribution in [2.75, 3.05) is 5.32 Å². The summed E-state index contributed by atoms with van der Waals surface area (Å²) in [5.41, 5.74) is 3.39. The van der Waals surface area contributed by atoms with Gasteiger partial charge in [0.1, 0.15) is 11.6 Å². The lowest BCUT2D eigenvalue weighted by Gasteiger charge is -2.08. The molecule has 0 aliphatic heterocycles. The average molecular weight is 345 g/mol. The van der Waals surface area contributed by atoms with E-state index in [9.17, 15) is 4.79 Å². The molecule has 0 atom stereocenters. The molecule has 1 N–H and O–H groups in total. The molecule has 130 valence electrons. The van der Waals surface area contributed by atoms with Crippen molar-refractivity contribution in [2.45, 2.75) is 25.9 Å². The summed E-state index contributed by atoms with van der Waals surface area (Å²) in [7, 11) is 0. The van der Waals surface area contributed by atoms with Crippen LogP contribution in [-0.2, 0) is 0 Å². The number of pyridine rings is 2. The van der Waals surface area contributed by atoms with Gasteiger partial charge in [-0.25, -0.2) is 4.98 Å². The highest BCUT2D eigenvalue weighted by molar-refractivity contribution is 6.03. The minimum atomic E-state index is -0.224. The van der Waals surface area contributed by atoms with E-state index in [2.05, 4.69) is 15.3 Å². The smallest absolute Gasteiger partial charge is 0.258 e. The molecule has 4 rings (SSSR count). The van der Waals surface area contributed by atoms with E-state index in [0.717, 1.165) is 35.4 Å². The summed E-state index contributed by atoms with van der Waals surface area (Å²) in [5.74, 6) is 1.16. The van der Waals surface area contributed by atoms with E-state index < -0.39 is 0 Å². The van der Waals surface area contributed by atoms with Crippen LogP contribution in [0.15, 0.2) is 60.9 Å². The summed E-state index contributed by atoms with van der Waals surface area (Å²) in [6.07, 6.45) is 5.95. The summed E-state index contributed by atoms with van der Waals surface area (Å²) < 4.78 is 5.84. The quantitative estimate of drug-likeness (QED) is 0.751. The number of anilines is 1. The van der Waals surface area contributed by atoms with Gasteiger partial charge < -0.3 is 10.1 Å². The standard InChI is InChI=1S/C21H19N3O2/c1-14-5-6-17(13-22-14)21(25)24-20-10-7-16(12-23-20)15-3-2-4-19(11-15)26-18-8-9-18/h2-7,10-13,18H,8-9H2,1H3,(H,23,24,25). The maximum atomic E-state index is 12.2. The van der Waals surface area contributed by atoms with Crippen molar-refractivity contribution in [3.63, 3.8) is 0 Å². The number of hydrogen-bond acceptors (Lipinski definition) is 4. The highest BCUT2D eigenvalue weighted by Gasteiger charge is 2.23. The topological polar surface area (TPSA) is 64.1 Å². The number of nitrogens with one attached hydrogen (secondary N) is 1. The SMILES string of the molecule is Cc1ccc(C(=O)Nc2ccc(-c3cccc(OC4CC4)c3)cn2)cn1. The zero-order valence-electron chi connectivity index (χ0n) is 14.5. The van der Waals surface area contributed by atoms with Gasteiger partial charge in [-0.2, -0.15) is 0 Å². The number of carbonyl (C=O) groups is 1. The summed E-state index contributed by atoms with van der Waals surface area (Å²) in [6.45, 7) is 1.88. The van der Waals surface area contributed by atoms with Crippen LogP contribution in [0.4, 0.5) is 5.82 Å². The summed E-state index contributed by atoms with van der Waals surface area (Å²) in [4.78, 5) is 20.7. The molecule has 2 heterocycles. The Bertz CT molecular complexity index is 917. The van der Waals surface area contributed by atoms with E-state index in [4.69, 9.17) is 4.74 Å². The minimum absolute atomic E-state index is 0.224. The lowest BCUT2D eigenvalue weighted by Crippen LogP contribution is -2.13. The van der Waals surface area contributed by atoms with Gasteiger partial charge in [-0.05, 0) is 61.7 Å². The zero-order chi connectivity index (χ0) is 17.9. The van der Waals surface area contributed by atoms with Crippen LogP contribution in [0.3, 0.4) is 0 Å². The van der Waals surface area contributed by atoms with Crippen molar-refractivity contribution in [3.05, 3.63) is 72.2 Å². The van der Waals surface area contributed by atoms with Crippen LogP contribution >= 0.6 is 0 Å². The first-order chi connectivity index (χ1) is 12.7. The molecule has 1 amide bonds. The van der Waals surface area contributed by atoms with Crippen LogP contribution in [-0.4, -0.2) is 22.0 Å². The molecule has 5 nitrogen and oxygen atoms in total. The second kappa shape index (κ2) is 6.96. The Hall–Kier alpha value is -3.21. The maximum Gasteiger partial charge on any atom is 0.258 e. The fraction of sp³-hybridized carbons (Fsp3) is 0.190. The number of amides is 1. The monoisotopic (exact) mass is 345 g/mol. The Balaban J connectivity index is 1.46. The third-order valence-corrected chi connectivity index (χ3v) is 4.17. The lowest BCUT2D eigenvalue weighted by atomic mass is 10.1. The Kier molecular flexibility index (Phi) is 4.35. The van der Waals surface area contributed by atoms with Gasteiger partial charge in [-0.3, -0.25) is 9.78 Å². The van der Waals surface area contributed by atoms with Gasteiger partial charge in [-0.1, -0.05) is 12.1 Å². The van der Waals surface area contributed by atoms with Crippen LogP contribution in [0.1, 0.15) is 28.9 Å². The van der Waals surface area contributed by atoms with E-state index in [1.54, 1.807) is 24.5 Å². The predicted molar refractivity (Wildman–Crippen MR) is 100 cm³/mol. The molecule has 0 radical (unpaired) electrons. The van der Waals surface area contributed by atoms with Crippen LogP contribution < -0.4 is 10.1 Å². The first kappa shape index (κ1) is 16.3. The van der Waals surface area contributed by atoms with Crippen molar-refractivity contribution >= 4 is 11.7 Å². The average Bonchev–Trinajstić information content (AvgIpc) is 3.47. The van der Waals surface area contributed by atoms with Crippen LogP contribution in [0, 0.1) is 6.92 Å². The second-order valence-corrected chi connectivity index (χ2v) is 6.42. The van der Waals surface area contributed by atoms with E-state index >= 15 is 0 Å². The van der Waals surface area contributed by atoms with Gasteiger partial charge in [0, 0.05) is 23.7 Å². The number of carbonyl (C=O) groups excluding carboxylic acids is 1. The zero-order valence-corrected chi connectivity index (χ0v) is 14.5. The maximum absolute atomic E-state index is 12.2. The molecule has 0 spiro atoms. The Morgan fingerprint density at radius 2 is 1.92 bits per heavy atom. The number of rotatable bonds is 5. The number of aryl methyl sites for hydroxylation is 1. The summed E-state index contributed by atoms with van der Waals surface area (Å²) in [6, 6.07) is 15.3. The van der Waals surface area contributed by atoms with Crippen molar-refractivity contribution in [1.29, 1.82) is 0 Å². The highest BCUT2D eigenvalue weighted by Crippen LogP contribution is 2.29. The van der Waals surface area contributed by atoms with Gasteiger partial charge in [0.05, 0.1) is 11.7 Å². The van der Waals surface area contributed by atoms with Crippen molar-refractivity contribution in [2.24, 2.45) is 0 Å². The minimum Gasteiger partial charge on any atom is -0.490 e. The third-order valence-electron chi connectivity index (χ3n) is 4.17. The van der Waals surface area contributed by atoms with E-state index in [-0.39, 0.29) is 5.91 Å². The fourth-order valence-electron chi connectivity index (χ4n) is 2.56. The first-order valence-electron chi connectivity index (χ1n) is 8.64. The molecule has 0 unspecified atom stereocenters. The van der Waals surface area contributed by atoms with Crippen LogP contribution in [0.5, 0.6) is 5.75 Å². The molecule has 5 heteroatoms. The predicted octanol–water partition coefficient (Wildman–Crippen LogP) is 4.25. The van der Waals surface area contributed by atoms with E-state index in [0.29, 0.717) is 17.5 Å². The van der Waals surface area contributed by atoms with Crippen molar-refractivity contribution in [1.82, 2.24) is 9.97 Å². The molecule has 3 aromatic rings. The lowest BCUT2D eigenvalue weighted by molar-refractivity contribution is 0.102. The normalized spacial score (nSPS) is 13.3. The molecule has 1 saturated carbocycles. The summed E-state index contributed by atoms with van der Waals surface area (Å²) >= 11 is 0. The number of hydrogen-bond donors (Lipinski definition) is 1. The highest BCUT2D eigenvalue weighted by atomic mass is 16.5. The molecule has 2 aromatic heterocycles. The molecule has 1 aromatic carbocycles. The first-order valence-corrected chi connectivity index (χ1v) is 8.64. The Morgan fingerprint density at radius 1 is 1.04 bits per heavy atom. The second-order valence-electron chi connectivity index (χ2n) is 6.42. The molecular weight excluding hydrogens is 326 g/mol. The molecule has 0 bridgehead atoms. The number of benzene rings is 1. The van der Waals surface area contributed by atoms with Gasteiger partial charge in [0.25, 0.3) is 5.91 Å². The largest absolute Gasteiger partial charge is 0.490 e. The van der Waals surface area contributed by atoms with Gasteiger partial charge in [-0.15, -0.1) is 0 Å². The molecule has 1 aliphatic rings. The number of ether oxygens (including phenoxy) is 1. The van der Waals surface area contributed by atoms with Crippen LogP contribution in [0.25, 0.3) is 11.1 Å². The molecule has 26 heavy (non-hydrogen) atoms. The molecule has 1 aliphatic carbocycles. The van der Waals surface area contributed by atoms with Crippen LogP contribution in [0.2, 0.25) is 0 Å². The van der Waals surface area contributed by atoms with E-state index in [1.165, 1.54) is 0 Å². The van der Waals surface area contributed by atoms with Gasteiger partial charge >= 0.3 is 0 Å². The molecule has 1 fully saturated rings. The fourth-order valence-corrected chi connectivity index (χ4v) is 2.56. The van der Waals surface area contributed by atoms with Crippen molar-refractivity contribution < 1.29 is 9.53 Å². The van der Waals surface area contributed by atoms with Crippen molar-refractivity contribution in [3.8, 4) is 16.9 Å². The Labute approximate surface area is 152 Å². The Morgan fingerprint density at radius 3 is 2.62 bits per heavy atom. The van der Waals surface area contributed by atoms with Gasteiger partial charge in [0.15, 0.2) is 0 Å². The number of aromatic nitrogens is 2. The summed E-state index contributed by atoms with van der Waals surface area (Å²) in [5, 5.41) is 2.79. The molecule has 0 saturated heterocycles.